The highest BCUT2D eigenvalue weighted by Gasteiger charge is 2.27. The molecule has 0 heterocycles. The van der Waals surface area contributed by atoms with Crippen molar-refractivity contribution in [1.82, 2.24) is 4.90 Å². The molecule has 1 aromatic carbocycles. The minimum absolute atomic E-state index is 0.0374. The van der Waals surface area contributed by atoms with E-state index in [1.165, 1.54) is 18.2 Å². The summed E-state index contributed by atoms with van der Waals surface area (Å²) in [7, 11) is 1.91. The van der Waals surface area contributed by atoms with Crippen LogP contribution in [-0.4, -0.2) is 40.5 Å². The number of hydrogen-bond acceptors (Lipinski definition) is 4. The molecule has 1 aliphatic carbocycles. The number of nitrogens with zero attached hydrogens (tertiary/aromatic N) is 1. The number of carbonyl (C=O) groups excluding carboxylic acids is 1. The van der Waals surface area contributed by atoms with Gasteiger partial charge in [-0.2, -0.15) is 0 Å². The monoisotopic (exact) mass is 221 g/mol. The van der Waals surface area contributed by atoms with Crippen LogP contribution in [0, 0.1) is 0 Å². The number of benzene rings is 1. The summed E-state index contributed by atoms with van der Waals surface area (Å²) in [5, 5.41) is 18.6. The maximum atomic E-state index is 11.8. The lowest BCUT2D eigenvalue weighted by atomic mass is 10.1. The molecule has 0 amide bonds. The van der Waals surface area contributed by atoms with E-state index < -0.39 is 0 Å². The average Bonchev–Trinajstić information content (AvgIpc) is 2.99. The Bertz CT molecular complexity index is 413. The summed E-state index contributed by atoms with van der Waals surface area (Å²) < 4.78 is 0. The van der Waals surface area contributed by atoms with E-state index in [0.29, 0.717) is 12.6 Å². The molecule has 4 heteroatoms. The number of Topliss-reactive ketones (excluding diaryl/α,β-unsaturated/α-hetero) is 1. The highest BCUT2D eigenvalue weighted by Crippen LogP contribution is 2.27. The number of likely N-dealkylation sites (N-methyl/N-ethyl adjacent to an activating group) is 1. The van der Waals surface area contributed by atoms with Crippen molar-refractivity contribution >= 4 is 5.78 Å². The van der Waals surface area contributed by atoms with Crippen LogP contribution in [-0.2, 0) is 0 Å². The molecule has 1 aliphatic rings. The van der Waals surface area contributed by atoms with Gasteiger partial charge in [-0.25, -0.2) is 0 Å². The molecule has 0 saturated heterocycles. The lowest BCUT2D eigenvalue weighted by Crippen LogP contribution is -2.27. The summed E-state index contributed by atoms with van der Waals surface area (Å²) in [5.74, 6) is -0.314. The van der Waals surface area contributed by atoms with Crippen molar-refractivity contribution in [2.75, 3.05) is 13.6 Å². The van der Waals surface area contributed by atoms with Crippen molar-refractivity contribution in [2.45, 2.75) is 18.9 Å². The minimum Gasteiger partial charge on any atom is -0.508 e. The van der Waals surface area contributed by atoms with Crippen molar-refractivity contribution < 1.29 is 15.0 Å². The van der Waals surface area contributed by atoms with Crippen LogP contribution in [0.5, 0.6) is 11.5 Å². The second-order valence-corrected chi connectivity index (χ2v) is 4.27. The highest BCUT2D eigenvalue weighted by atomic mass is 16.3. The second-order valence-electron chi connectivity index (χ2n) is 4.27. The maximum absolute atomic E-state index is 11.8. The molecule has 2 rings (SSSR count). The first-order chi connectivity index (χ1) is 7.58. The average molecular weight is 221 g/mol. The van der Waals surface area contributed by atoms with Crippen molar-refractivity contribution in [3.8, 4) is 11.5 Å². The molecule has 1 fully saturated rings. The molecule has 0 aliphatic heterocycles. The zero-order valence-corrected chi connectivity index (χ0v) is 9.18. The first-order valence-electron chi connectivity index (χ1n) is 5.33. The third-order valence-electron chi connectivity index (χ3n) is 2.84. The molecule has 86 valence electrons. The van der Waals surface area contributed by atoms with Gasteiger partial charge < -0.3 is 10.2 Å². The lowest BCUT2D eigenvalue weighted by Gasteiger charge is -2.14. The van der Waals surface area contributed by atoms with E-state index in [9.17, 15) is 9.90 Å². The van der Waals surface area contributed by atoms with Crippen molar-refractivity contribution in [3.63, 3.8) is 0 Å². The molecule has 16 heavy (non-hydrogen) atoms. The van der Waals surface area contributed by atoms with E-state index in [0.717, 1.165) is 12.8 Å². The molecular formula is C12H15NO3. The third-order valence-corrected chi connectivity index (χ3v) is 2.84. The summed E-state index contributed by atoms with van der Waals surface area (Å²) in [6, 6.07) is 4.56. The molecule has 1 saturated carbocycles. The van der Waals surface area contributed by atoms with Crippen LogP contribution in [0.1, 0.15) is 23.2 Å². The molecule has 2 N–H and O–H groups in total. The normalized spacial score (nSPS) is 15.4. The van der Waals surface area contributed by atoms with E-state index in [-0.39, 0.29) is 22.8 Å². The molecule has 0 spiro atoms. The Kier molecular flexibility index (Phi) is 2.83. The molecule has 0 aromatic heterocycles. The molecular weight excluding hydrogens is 206 g/mol. The fourth-order valence-corrected chi connectivity index (χ4v) is 1.71. The number of ketones is 1. The van der Waals surface area contributed by atoms with Gasteiger partial charge in [0.25, 0.3) is 0 Å². The summed E-state index contributed by atoms with van der Waals surface area (Å²) in [4.78, 5) is 13.8. The largest absolute Gasteiger partial charge is 0.508 e. The topological polar surface area (TPSA) is 60.8 Å². The maximum Gasteiger partial charge on any atom is 0.180 e. The van der Waals surface area contributed by atoms with Gasteiger partial charge in [-0.15, -0.1) is 0 Å². The number of phenolic OH excluding ortho intramolecular Hbond substituents is 2. The van der Waals surface area contributed by atoms with Crippen LogP contribution in [0.15, 0.2) is 18.2 Å². The van der Waals surface area contributed by atoms with Crippen LogP contribution >= 0.6 is 0 Å². The minimum atomic E-state index is -0.158. The fourth-order valence-electron chi connectivity index (χ4n) is 1.71. The Balaban J connectivity index is 2.07. The highest BCUT2D eigenvalue weighted by molar-refractivity contribution is 6.00. The number of carbonyl (C=O) groups is 1. The SMILES string of the molecule is CN(CC(=O)c1ccc(O)cc1O)C1CC1. The Labute approximate surface area is 94.1 Å². The van der Waals surface area contributed by atoms with Gasteiger partial charge in [0.2, 0.25) is 0 Å². The summed E-state index contributed by atoms with van der Waals surface area (Å²) in [6.07, 6.45) is 2.29. The summed E-state index contributed by atoms with van der Waals surface area (Å²) in [6.45, 7) is 0.309. The molecule has 1 aromatic rings. The van der Waals surface area contributed by atoms with Crippen LogP contribution in [0.2, 0.25) is 0 Å². The molecule has 0 unspecified atom stereocenters. The number of phenols is 2. The predicted molar refractivity (Wildman–Crippen MR) is 59.8 cm³/mol. The van der Waals surface area contributed by atoms with Gasteiger partial charge in [0.1, 0.15) is 11.5 Å². The van der Waals surface area contributed by atoms with Gasteiger partial charge in [0.05, 0.1) is 12.1 Å². The van der Waals surface area contributed by atoms with Crippen LogP contribution in [0.3, 0.4) is 0 Å². The van der Waals surface area contributed by atoms with E-state index in [4.69, 9.17) is 5.11 Å². The standard InChI is InChI=1S/C12H15NO3/c1-13(8-2-3-8)7-12(16)10-5-4-9(14)6-11(10)15/h4-6,8,14-15H,2-3,7H2,1H3. The number of hydrogen-bond donors (Lipinski definition) is 2. The Hall–Kier alpha value is -1.55. The van der Waals surface area contributed by atoms with E-state index in [1.54, 1.807) is 0 Å². The van der Waals surface area contributed by atoms with Gasteiger partial charge in [0, 0.05) is 12.1 Å². The lowest BCUT2D eigenvalue weighted by molar-refractivity contribution is 0.0939. The zero-order chi connectivity index (χ0) is 11.7. The first kappa shape index (κ1) is 11.0. The van der Waals surface area contributed by atoms with Gasteiger partial charge in [-0.1, -0.05) is 0 Å². The van der Waals surface area contributed by atoms with Gasteiger partial charge in [0.15, 0.2) is 5.78 Å². The summed E-state index contributed by atoms with van der Waals surface area (Å²) in [5.41, 5.74) is 0.269. The first-order valence-corrected chi connectivity index (χ1v) is 5.33. The van der Waals surface area contributed by atoms with E-state index in [2.05, 4.69) is 0 Å². The molecule has 0 atom stereocenters. The van der Waals surface area contributed by atoms with Crippen molar-refractivity contribution in [1.29, 1.82) is 0 Å². The van der Waals surface area contributed by atoms with Crippen molar-refractivity contribution in [2.24, 2.45) is 0 Å². The third kappa shape index (κ3) is 2.33. The quantitative estimate of drug-likeness (QED) is 0.754. The van der Waals surface area contributed by atoms with E-state index in [1.807, 2.05) is 11.9 Å². The summed E-state index contributed by atoms with van der Waals surface area (Å²) >= 11 is 0. The molecule has 4 nitrogen and oxygen atoms in total. The predicted octanol–water partition coefficient (Wildman–Crippen LogP) is 1.37. The van der Waals surface area contributed by atoms with Gasteiger partial charge in [-0.05, 0) is 32.0 Å². The van der Waals surface area contributed by atoms with Gasteiger partial charge in [-0.3, -0.25) is 9.69 Å². The Morgan fingerprint density at radius 2 is 2.12 bits per heavy atom. The van der Waals surface area contributed by atoms with Gasteiger partial charge >= 0.3 is 0 Å². The van der Waals surface area contributed by atoms with Crippen LogP contribution < -0.4 is 0 Å². The van der Waals surface area contributed by atoms with E-state index >= 15 is 0 Å². The van der Waals surface area contributed by atoms with Crippen molar-refractivity contribution in [3.05, 3.63) is 23.8 Å². The fraction of sp³-hybridized carbons (Fsp3) is 0.417. The van der Waals surface area contributed by atoms with Crippen LogP contribution in [0.25, 0.3) is 0 Å². The number of rotatable bonds is 4. The molecule has 0 bridgehead atoms. The second kappa shape index (κ2) is 4.14. The van der Waals surface area contributed by atoms with Crippen LogP contribution in [0.4, 0.5) is 0 Å². The Morgan fingerprint density at radius 1 is 1.44 bits per heavy atom. The molecule has 0 radical (unpaired) electrons. The number of aromatic hydroxyl groups is 2. The smallest absolute Gasteiger partial charge is 0.180 e. The zero-order valence-electron chi connectivity index (χ0n) is 9.18. The Morgan fingerprint density at radius 3 is 2.69 bits per heavy atom.